The molecule has 0 amide bonds. The number of hydrogen-bond acceptors (Lipinski definition) is 2. The highest BCUT2D eigenvalue weighted by molar-refractivity contribution is 5.91. The molecule has 4 nitrogen and oxygen atoms in total. The molecule has 0 saturated heterocycles. The zero-order valence-electron chi connectivity index (χ0n) is 9.57. The predicted molar refractivity (Wildman–Crippen MR) is 62.2 cm³/mol. The predicted octanol–water partition coefficient (Wildman–Crippen LogP) is 1.71. The summed E-state index contributed by atoms with van der Waals surface area (Å²) in [6, 6.07) is 3.15. The lowest BCUT2D eigenvalue weighted by atomic mass is 10.0. The molecule has 2 aromatic rings. The van der Waals surface area contributed by atoms with Crippen LogP contribution in [0.2, 0.25) is 0 Å². The average molecular weight is 236 g/mol. The second-order valence-electron chi connectivity index (χ2n) is 4.04. The third kappa shape index (κ3) is 1.68. The molecule has 0 spiro atoms. The molecule has 3 N–H and O–H groups in total. The van der Waals surface area contributed by atoms with Crippen LogP contribution in [0.25, 0.3) is 10.9 Å². The van der Waals surface area contributed by atoms with E-state index in [9.17, 15) is 9.18 Å². The molecule has 0 aliphatic rings. The summed E-state index contributed by atoms with van der Waals surface area (Å²) in [6.07, 6.45) is 0. The summed E-state index contributed by atoms with van der Waals surface area (Å²) in [5.74, 6) is -1.45. The number of carboxylic acid groups (broad SMARTS) is 1. The van der Waals surface area contributed by atoms with E-state index >= 15 is 0 Å². The van der Waals surface area contributed by atoms with Crippen molar-refractivity contribution in [2.45, 2.75) is 13.0 Å². The van der Waals surface area contributed by atoms with Crippen LogP contribution in [0.3, 0.4) is 0 Å². The Labute approximate surface area is 97.5 Å². The lowest BCUT2D eigenvalue weighted by molar-refractivity contribution is -0.138. The van der Waals surface area contributed by atoms with Crippen molar-refractivity contribution in [1.29, 1.82) is 0 Å². The first-order valence-corrected chi connectivity index (χ1v) is 5.16. The molecular weight excluding hydrogens is 223 g/mol. The molecule has 1 heterocycles. The average Bonchev–Trinajstić information content (AvgIpc) is 2.51. The minimum atomic E-state index is -1.09. The summed E-state index contributed by atoms with van der Waals surface area (Å²) in [5, 5.41) is 9.66. The van der Waals surface area contributed by atoms with Crippen LogP contribution in [0.4, 0.5) is 4.39 Å². The first kappa shape index (κ1) is 11.6. The number of aryl methyl sites for hydroxylation is 1. The van der Waals surface area contributed by atoms with Gasteiger partial charge in [-0.1, -0.05) is 0 Å². The number of carbonyl (C=O) groups is 1. The molecular formula is C12H13FN2O2. The van der Waals surface area contributed by atoms with Gasteiger partial charge in [-0.05, 0) is 25.1 Å². The number of nitrogens with two attached hydrogens (primary N) is 1. The molecule has 0 radical (unpaired) electrons. The van der Waals surface area contributed by atoms with Gasteiger partial charge in [-0.2, -0.15) is 0 Å². The topological polar surface area (TPSA) is 68.2 Å². The van der Waals surface area contributed by atoms with Gasteiger partial charge in [0.05, 0.1) is 5.52 Å². The maximum atomic E-state index is 13.2. The molecule has 2 rings (SSSR count). The number of aromatic nitrogens is 1. The second-order valence-corrected chi connectivity index (χ2v) is 4.04. The van der Waals surface area contributed by atoms with Crippen LogP contribution in [0.1, 0.15) is 17.3 Å². The fourth-order valence-electron chi connectivity index (χ4n) is 2.08. The van der Waals surface area contributed by atoms with Crippen LogP contribution in [0.5, 0.6) is 0 Å². The minimum Gasteiger partial charge on any atom is -0.480 e. The van der Waals surface area contributed by atoms with Gasteiger partial charge in [0.2, 0.25) is 0 Å². The number of benzene rings is 1. The van der Waals surface area contributed by atoms with Gasteiger partial charge in [0, 0.05) is 23.7 Å². The number of aliphatic carboxylic acids is 1. The summed E-state index contributed by atoms with van der Waals surface area (Å²) < 4.78 is 14.9. The van der Waals surface area contributed by atoms with Crippen LogP contribution in [-0.2, 0) is 11.8 Å². The zero-order valence-corrected chi connectivity index (χ0v) is 9.57. The van der Waals surface area contributed by atoms with Gasteiger partial charge in [0.25, 0.3) is 0 Å². The molecule has 0 bridgehead atoms. The Kier molecular flexibility index (Phi) is 2.63. The Morgan fingerprint density at radius 2 is 2.18 bits per heavy atom. The van der Waals surface area contributed by atoms with Crippen molar-refractivity contribution < 1.29 is 14.3 Å². The third-order valence-corrected chi connectivity index (χ3v) is 3.08. The van der Waals surface area contributed by atoms with E-state index < -0.39 is 12.0 Å². The largest absolute Gasteiger partial charge is 0.480 e. The number of nitrogens with zero attached hydrogens (tertiary/aromatic N) is 1. The summed E-state index contributed by atoms with van der Waals surface area (Å²) in [5.41, 5.74) is 7.57. The molecule has 17 heavy (non-hydrogen) atoms. The number of hydrogen-bond donors (Lipinski definition) is 2. The summed E-state index contributed by atoms with van der Waals surface area (Å²) in [4.78, 5) is 11.0. The maximum absolute atomic E-state index is 13.2. The van der Waals surface area contributed by atoms with Crippen molar-refractivity contribution in [3.05, 3.63) is 35.3 Å². The lowest BCUT2D eigenvalue weighted by Crippen LogP contribution is -2.21. The lowest BCUT2D eigenvalue weighted by Gasteiger charge is -2.07. The molecule has 0 fully saturated rings. The highest BCUT2D eigenvalue weighted by Gasteiger charge is 2.22. The molecule has 1 atom stereocenters. The Hall–Kier alpha value is -1.88. The van der Waals surface area contributed by atoms with Crippen molar-refractivity contribution in [2.75, 3.05) is 0 Å². The minimum absolute atomic E-state index is 0.353. The molecule has 1 aromatic heterocycles. The SMILES string of the molecule is Cc1c(C(N)C(=O)O)c2ccc(F)cc2n1C. The number of halogens is 1. The van der Waals surface area contributed by atoms with Crippen LogP contribution >= 0.6 is 0 Å². The molecule has 1 aromatic carbocycles. The van der Waals surface area contributed by atoms with E-state index in [0.717, 1.165) is 5.69 Å². The van der Waals surface area contributed by atoms with Crippen molar-refractivity contribution in [2.24, 2.45) is 12.8 Å². The third-order valence-electron chi connectivity index (χ3n) is 3.08. The maximum Gasteiger partial charge on any atom is 0.325 e. The molecule has 0 aliphatic heterocycles. The van der Waals surface area contributed by atoms with Crippen LogP contribution < -0.4 is 5.73 Å². The van der Waals surface area contributed by atoms with Crippen molar-refractivity contribution in [3.63, 3.8) is 0 Å². The normalized spacial score (nSPS) is 12.9. The quantitative estimate of drug-likeness (QED) is 0.834. The Bertz CT molecular complexity index is 604. The summed E-state index contributed by atoms with van der Waals surface area (Å²) >= 11 is 0. The molecule has 0 aliphatic carbocycles. The fourth-order valence-corrected chi connectivity index (χ4v) is 2.08. The van der Waals surface area contributed by atoms with Gasteiger partial charge in [-0.25, -0.2) is 4.39 Å². The Morgan fingerprint density at radius 1 is 1.53 bits per heavy atom. The van der Waals surface area contributed by atoms with Crippen LogP contribution in [0.15, 0.2) is 18.2 Å². The monoisotopic (exact) mass is 236 g/mol. The fraction of sp³-hybridized carbons (Fsp3) is 0.250. The molecule has 5 heteroatoms. The number of fused-ring (bicyclic) bond motifs is 1. The number of carboxylic acids is 1. The van der Waals surface area contributed by atoms with Crippen molar-refractivity contribution >= 4 is 16.9 Å². The van der Waals surface area contributed by atoms with E-state index in [1.807, 2.05) is 0 Å². The Balaban J connectivity index is 2.80. The standard InChI is InChI=1S/C12H13FN2O2/c1-6-10(11(14)12(16)17)8-4-3-7(13)5-9(8)15(6)2/h3-5,11H,14H2,1-2H3,(H,16,17). The highest BCUT2D eigenvalue weighted by atomic mass is 19.1. The zero-order chi connectivity index (χ0) is 12.7. The van der Waals surface area contributed by atoms with Crippen LogP contribution in [0, 0.1) is 12.7 Å². The second kappa shape index (κ2) is 3.85. The molecule has 0 saturated carbocycles. The first-order valence-electron chi connectivity index (χ1n) is 5.16. The van der Waals surface area contributed by atoms with Gasteiger partial charge in [0.15, 0.2) is 0 Å². The van der Waals surface area contributed by atoms with Gasteiger partial charge < -0.3 is 15.4 Å². The summed E-state index contributed by atoms with van der Waals surface area (Å²) in [7, 11) is 1.76. The van der Waals surface area contributed by atoms with Crippen molar-refractivity contribution in [1.82, 2.24) is 4.57 Å². The van der Waals surface area contributed by atoms with E-state index in [1.165, 1.54) is 12.1 Å². The number of rotatable bonds is 2. The van der Waals surface area contributed by atoms with E-state index in [4.69, 9.17) is 10.8 Å². The van der Waals surface area contributed by atoms with Gasteiger partial charge >= 0.3 is 5.97 Å². The highest BCUT2D eigenvalue weighted by Crippen LogP contribution is 2.29. The van der Waals surface area contributed by atoms with E-state index in [1.54, 1.807) is 24.6 Å². The Morgan fingerprint density at radius 3 is 2.76 bits per heavy atom. The summed E-state index contributed by atoms with van der Waals surface area (Å²) in [6.45, 7) is 1.77. The van der Waals surface area contributed by atoms with E-state index in [0.29, 0.717) is 16.5 Å². The van der Waals surface area contributed by atoms with Gasteiger partial charge in [0.1, 0.15) is 11.9 Å². The van der Waals surface area contributed by atoms with Crippen LogP contribution in [-0.4, -0.2) is 15.6 Å². The van der Waals surface area contributed by atoms with E-state index in [2.05, 4.69) is 0 Å². The van der Waals surface area contributed by atoms with Gasteiger partial charge in [-0.15, -0.1) is 0 Å². The molecule has 90 valence electrons. The smallest absolute Gasteiger partial charge is 0.325 e. The van der Waals surface area contributed by atoms with E-state index in [-0.39, 0.29) is 5.82 Å². The first-order chi connectivity index (χ1) is 7.93. The van der Waals surface area contributed by atoms with Crippen molar-refractivity contribution in [3.8, 4) is 0 Å². The van der Waals surface area contributed by atoms with Gasteiger partial charge in [-0.3, -0.25) is 4.79 Å². The molecule has 1 unspecified atom stereocenters.